The largest absolute Gasteiger partial charge is 0.481 e. The molecule has 94 valence electrons. The Bertz CT molecular complexity index is 611. The minimum atomic E-state index is -0.712. The van der Waals surface area contributed by atoms with Crippen molar-refractivity contribution in [2.45, 2.75) is 31.1 Å². The van der Waals surface area contributed by atoms with E-state index in [1.807, 2.05) is 23.7 Å². The van der Waals surface area contributed by atoms with E-state index < -0.39 is 5.97 Å². The summed E-state index contributed by atoms with van der Waals surface area (Å²) in [5.74, 6) is -0.712. The number of aromatic nitrogens is 2. The highest BCUT2D eigenvalue weighted by Crippen LogP contribution is 2.48. The Labute approximate surface area is 105 Å². The summed E-state index contributed by atoms with van der Waals surface area (Å²) in [6.07, 6.45) is 7.10. The second-order valence-corrected chi connectivity index (χ2v) is 5.23. The minimum Gasteiger partial charge on any atom is -0.481 e. The van der Waals surface area contributed by atoms with Gasteiger partial charge in [0.2, 0.25) is 0 Å². The van der Waals surface area contributed by atoms with Crippen molar-refractivity contribution >= 4 is 17.0 Å². The Morgan fingerprint density at radius 2 is 2.33 bits per heavy atom. The molecule has 0 atom stereocenters. The molecule has 18 heavy (non-hydrogen) atoms. The van der Waals surface area contributed by atoms with Crippen LogP contribution in [0.5, 0.6) is 0 Å². The standard InChI is InChI=1S/C14H16N2O2/c1-16-9-11(10-4-2-7-15-13(10)16)14(5-3-6-14)8-12(17)18/h2,4,7,9H,3,5-6,8H2,1H3,(H,17,18). The van der Waals surface area contributed by atoms with Crippen molar-refractivity contribution in [1.82, 2.24) is 9.55 Å². The Hall–Kier alpha value is -1.84. The van der Waals surface area contributed by atoms with E-state index in [-0.39, 0.29) is 11.8 Å². The lowest BCUT2D eigenvalue weighted by Crippen LogP contribution is -2.36. The van der Waals surface area contributed by atoms with E-state index >= 15 is 0 Å². The number of rotatable bonds is 3. The van der Waals surface area contributed by atoms with Crippen LogP contribution in [0.15, 0.2) is 24.5 Å². The fourth-order valence-electron chi connectivity index (χ4n) is 3.07. The van der Waals surface area contributed by atoms with Crippen molar-refractivity contribution in [3.8, 4) is 0 Å². The number of hydrogen-bond acceptors (Lipinski definition) is 2. The van der Waals surface area contributed by atoms with Gasteiger partial charge >= 0.3 is 5.97 Å². The summed E-state index contributed by atoms with van der Waals surface area (Å²) in [5, 5.41) is 10.2. The van der Waals surface area contributed by atoms with E-state index in [9.17, 15) is 4.79 Å². The van der Waals surface area contributed by atoms with Crippen molar-refractivity contribution in [3.05, 3.63) is 30.1 Å². The SMILES string of the molecule is Cn1cc(C2(CC(=O)O)CCC2)c2cccnc21. The molecule has 1 saturated carbocycles. The molecule has 0 spiro atoms. The van der Waals surface area contributed by atoms with Gasteiger partial charge in [0.05, 0.1) is 6.42 Å². The van der Waals surface area contributed by atoms with Gasteiger partial charge in [-0.3, -0.25) is 4.79 Å². The number of pyridine rings is 1. The third-order valence-electron chi connectivity index (χ3n) is 4.11. The average Bonchev–Trinajstić information content (AvgIpc) is 2.62. The number of carbonyl (C=O) groups is 1. The molecular formula is C14H16N2O2. The van der Waals surface area contributed by atoms with Gasteiger partial charge in [0, 0.05) is 30.2 Å². The van der Waals surface area contributed by atoms with Crippen LogP contribution in [-0.2, 0) is 17.3 Å². The van der Waals surface area contributed by atoms with Crippen LogP contribution < -0.4 is 0 Å². The molecule has 2 aromatic rings. The molecule has 1 aliphatic carbocycles. The maximum atomic E-state index is 11.1. The highest BCUT2D eigenvalue weighted by Gasteiger charge is 2.42. The summed E-state index contributed by atoms with van der Waals surface area (Å²) in [7, 11) is 1.96. The second kappa shape index (κ2) is 3.83. The van der Waals surface area contributed by atoms with Gasteiger partial charge < -0.3 is 9.67 Å². The van der Waals surface area contributed by atoms with Gasteiger partial charge in [0.25, 0.3) is 0 Å². The Kier molecular flexibility index (Phi) is 2.40. The zero-order valence-electron chi connectivity index (χ0n) is 10.4. The van der Waals surface area contributed by atoms with E-state index in [0.717, 1.165) is 35.9 Å². The maximum absolute atomic E-state index is 11.1. The topological polar surface area (TPSA) is 55.1 Å². The van der Waals surface area contributed by atoms with E-state index in [1.54, 1.807) is 6.20 Å². The number of fused-ring (bicyclic) bond motifs is 1. The van der Waals surface area contributed by atoms with Gasteiger partial charge in [-0.15, -0.1) is 0 Å². The van der Waals surface area contributed by atoms with Gasteiger partial charge in [0.15, 0.2) is 0 Å². The molecule has 2 heterocycles. The fraction of sp³-hybridized carbons (Fsp3) is 0.429. The molecule has 1 fully saturated rings. The molecule has 4 heteroatoms. The van der Waals surface area contributed by atoms with Gasteiger partial charge in [-0.1, -0.05) is 6.42 Å². The summed E-state index contributed by atoms with van der Waals surface area (Å²) in [5.41, 5.74) is 1.92. The molecule has 0 unspecified atom stereocenters. The zero-order chi connectivity index (χ0) is 12.8. The molecule has 1 aliphatic rings. The van der Waals surface area contributed by atoms with Crippen LogP contribution in [0.25, 0.3) is 11.0 Å². The first-order valence-corrected chi connectivity index (χ1v) is 6.25. The number of carboxylic acid groups (broad SMARTS) is 1. The minimum absolute atomic E-state index is 0.172. The lowest BCUT2D eigenvalue weighted by atomic mass is 9.62. The van der Waals surface area contributed by atoms with E-state index in [0.29, 0.717) is 0 Å². The van der Waals surface area contributed by atoms with E-state index in [2.05, 4.69) is 11.2 Å². The van der Waals surface area contributed by atoms with Crippen LogP contribution in [0.3, 0.4) is 0 Å². The van der Waals surface area contributed by atoms with E-state index in [4.69, 9.17) is 5.11 Å². The van der Waals surface area contributed by atoms with Gasteiger partial charge in [0.1, 0.15) is 5.65 Å². The monoisotopic (exact) mass is 244 g/mol. The predicted molar refractivity (Wildman–Crippen MR) is 68.5 cm³/mol. The van der Waals surface area contributed by atoms with Crippen LogP contribution in [0, 0.1) is 0 Å². The number of aliphatic carboxylic acids is 1. The van der Waals surface area contributed by atoms with Crippen LogP contribution in [0.2, 0.25) is 0 Å². The first-order chi connectivity index (χ1) is 8.62. The molecule has 0 bridgehead atoms. The van der Waals surface area contributed by atoms with Crippen molar-refractivity contribution < 1.29 is 9.90 Å². The number of aryl methyl sites for hydroxylation is 1. The second-order valence-electron chi connectivity index (χ2n) is 5.23. The molecule has 2 aromatic heterocycles. The molecule has 4 nitrogen and oxygen atoms in total. The number of carboxylic acids is 1. The lowest BCUT2D eigenvalue weighted by Gasteiger charge is -2.40. The first-order valence-electron chi connectivity index (χ1n) is 6.25. The summed E-state index contributed by atoms with van der Waals surface area (Å²) >= 11 is 0. The Morgan fingerprint density at radius 3 is 2.94 bits per heavy atom. The Morgan fingerprint density at radius 1 is 1.56 bits per heavy atom. The molecule has 0 radical (unpaired) electrons. The molecular weight excluding hydrogens is 228 g/mol. The van der Waals surface area contributed by atoms with Crippen molar-refractivity contribution in [2.75, 3.05) is 0 Å². The summed E-state index contributed by atoms with van der Waals surface area (Å²) < 4.78 is 1.99. The van der Waals surface area contributed by atoms with Crippen molar-refractivity contribution in [1.29, 1.82) is 0 Å². The van der Waals surface area contributed by atoms with Gasteiger partial charge in [-0.25, -0.2) is 4.98 Å². The number of nitrogens with zero attached hydrogens (tertiary/aromatic N) is 2. The maximum Gasteiger partial charge on any atom is 0.304 e. The first kappa shape index (κ1) is 11.3. The predicted octanol–water partition coefficient (Wildman–Crippen LogP) is 2.47. The summed E-state index contributed by atoms with van der Waals surface area (Å²) in [6, 6.07) is 3.96. The zero-order valence-corrected chi connectivity index (χ0v) is 10.4. The quantitative estimate of drug-likeness (QED) is 0.902. The van der Waals surface area contributed by atoms with Gasteiger partial charge in [-0.2, -0.15) is 0 Å². The van der Waals surface area contributed by atoms with Crippen LogP contribution in [0.1, 0.15) is 31.2 Å². The third kappa shape index (κ3) is 1.52. The van der Waals surface area contributed by atoms with Crippen molar-refractivity contribution in [3.63, 3.8) is 0 Å². The third-order valence-corrected chi connectivity index (χ3v) is 4.11. The number of hydrogen-bond donors (Lipinski definition) is 1. The summed E-state index contributed by atoms with van der Waals surface area (Å²) in [6.45, 7) is 0. The normalized spacial score (nSPS) is 17.6. The lowest BCUT2D eigenvalue weighted by molar-refractivity contribution is -0.139. The molecule has 0 saturated heterocycles. The average molecular weight is 244 g/mol. The smallest absolute Gasteiger partial charge is 0.304 e. The molecule has 0 aliphatic heterocycles. The van der Waals surface area contributed by atoms with Crippen molar-refractivity contribution in [2.24, 2.45) is 7.05 Å². The molecule has 0 aromatic carbocycles. The Balaban J connectivity index is 2.16. The van der Waals surface area contributed by atoms with Gasteiger partial charge in [-0.05, 0) is 30.5 Å². The van der Waals surface area contributed by atoms with E-state index in [1.165, 1.54) is 0 Å². The van der Waals surface area contributed by atoms with Crippen LogP contribution in [-0.4, -0.2) is 20.6 Å². The van der Waals surface area contributed by atoms with Crippen LogP contribution in [0.4, 0.5) is 0 Å². The van der Waals surface area contributed by atoms with Crippen LogP contribution >= 0.6 is 0 Å². The fourth-order valence-corrected chi connectivity index (χ4v) is 3.07. The molecule has 3 rings (SSSR count). The molecule has 1 N–H and O–H groups in total. The molecule has 0 amide bonds. The summed E-state index contributed by atoms with van der Waals surface area (Å²) in [4.78, 5) is 15.5. The highest BCUT2D eigenvalue weighted by atomic mass is 16.4. The highest BCUT2D eigenvalue weighted by molar-refractivity contribution is 5.83.